The van der Waals surface area contributed by atoms with E-state index in [2.05, 4.69) is 10.5 Å². The Morgan fingerprint density at radius 1 is 0.833 bits per heavy atom. The van der Waals surface area contributed by atoms with Crippen molar-refractivity contribution in [2.24, 2.45) is 5.10 Å². The normalized spacial score (nSPS) is 11.3. The van der Waals surface area contributed by atoms with E-state index in [0.717, 1.165) is 11.1 Å². The Bertz CT molecular complexity index is 965. The second-order valence-electron chi connectivity index (χ2n) is 6.24. The van der Waals surface area contributed by atoms with E-state index >= 15 is 0 Å². The second kappa shape index (κ2) is 9.66. The topological polar surface area (TPSA) is 108 Å². The van der Waals surface area contributed by atoms with E-state index in [1.165, 1.54) is 24.3 Å². The van der Waals surface area contributed by atoms with Crippen molar-refractivity contribution >= 4 is 17.3 Å². The molecule has 8 nitrogen and oxygen atoms in total. The number of amides is 1. The van der Waals surface area contributed by atoms with Gasteiger partial charge in [-0.3, -0.25) is 4.79 Å². The number of hydrogen-bond acceptors (Lipinski definition) is 6. The summed E-state index contributed by atoms with van der Waals surface area (Å²) < 4.78 is 10.4. The highest BCUT2D eigenvalue weighted by molar-refractivity contribution is 6.13. The molecule has 3 aromatic rings. The first-order chi connectivity index (χ1) is 14.5. The van der Waals surface area contributed by atoms with Crippen LogP contribution in [-0.4, -0.2) is 31.0 Å². The number of quaternary nitrogens is 1. The van der Waals surface area contributed by atoms with Gasteiger partial charge >= 0.3 is 0 Å². The second-order valence-corrected chi connectivity index (χ2v) is 6.24. The molecule has 0 aliphatic rings. The van der Waals surface area contributed by atoms with E-state index in [0.29, 0.717) is 22.8 Å². The van der Waals surface area contributed by atoms with Crippen LogP contribution in [0.3, 0.4) is 0 Å². The number of carbonyl (C=O) groups is 1. The standard InChI is InChI=1S/C22H21N3O5/c1-29-19-11-5-15(6-12-19)21(16-7-13-20(30-2)14-8-16)23-24-22(26)17-3-9-18(10-4-17)25(27)28/h3-14,25,27H,1-2H3,(H,24,26). The monoisotopic (exact) mass is 407 g/mol. The molecular weight excluding hydrogens is 386 g/mol. The summed E-state index contributed by atoms with van der Waals surface area (Å²) in [5.74, 6) is 0.956. The summed E-state index contributed by atoms with van der Waals surface area (Å²) in [7, 11) is 3.17. The van der Waals surface area contributed by atoms with Gasteiger partial charge in [0.1, 0.15) is 11.5 Å². The predicted molar refractivity (Wildman–Crippen MR) is 111 cm³/mol. The Hall–Kier alpha value is -3.72. The first-order valence-electron chi connectivity index (χ1n) is 9.02. The smallest absolute Gasteiger partial charge is 0.271 e. The molecule has 0 saturated heterocycles. The number of benzene rings is 3. The Morgan fingerprint density at radius 2 is 1.27 bits per heavy atom. The zero-order valence-electron chi connectivity index (χ0n) is 16.5. The van der Waals surface area contributed by atoms with Crippen molar-refractivity contribution in [3.05, 3.63) is 94.7 Å². The third-order valence-corrected chi connectivity index (χ3v) is 4.39. The van der Waals surface area contributed by atoms with Gasteiger partial charge < -0.3 is 14.7 Å². The van der Waals surface area contributed by atoms with Gasteiger partial charge in [0, 0.05) is 28.8 Å². The highest BCUT2D eigenvalue weighted by atomic mass is 16.8. The van der Waals surface area contributed by atoms with Crippen molar-refractivity contribution < 1.29 is 24.7 Å². The highest BCUT2D eigenvalue weighted by Crippen LogP contribution is 2.18. The fourth-order valence-corrected chi connectivity index (χ4v) is 2.73. The lowest BCUT2D eigenvalue weighted by atomic mass is 10.0. The van der Waals surface area contributed by atoms with Gasteiger partial charge in [0.2, 0.25) is 0 Å². The lowest BCUT2D eigenvalue weighted by Gasteiger charge is -2.12. The molecule has 0 aliphatic carbocycles. The minimum atomic E-state index is -1.05. The van der Waals surface area contributed by atoms with Gasteiger partial charge in [0.05, 0.1) is 19.9 Å². The molecule has 3 N–H and O–H groups in total. The van der Waals surface area contributed by atoms with E-state index in [9.17, 15) is 10.0 Å². The van der Waals surface area contributed by atoms with Crippen LogP contribution in [0, 0.1) is 5.21 Å². The maximum absolute atomic E-state index is 12.5. The molecule has 0 saturated carbocycles. The lowest BCUT2D eigenvalue weighted by molar-refractivity contribution is -0.991. The van der Waals surface area contributed by atoms with Crippen LogP contribution in [0.2, 0.25) is 0 Å². The van der Waals surface area contributed by atoms with Crippen LogP contribution in [0.5, 0.6) is 11.5 Å². The average molecular weight is 407 g/mol. The van der Waals surface area contributed by atoms with Crippen LogP contribution < -0.4 is 20.1 Å². The van der Waals surface area contributed by atoms with E-state index in [1.54, 1.807) is 38.5 Å². The summed E-state index contributed by atoms with van der Waals surface area (Å²) >= 11 is 0. The Labute approximate surface area is 173 Å². The number of hydrazone groups is 1. The van der Waals surface area contributed by atoms with Crippen molar-refractivity contribution in [1.82, 2.24) is 5.43 Å². The summed E-state index contributed by atoms with van der Waals surface area (Å²) in [6.45, 7) is 0. The van der Waals surface area contributed by atoms with Gasteiger partial charge in [-0.15, -0.1) is 0 Å². The van der Waals surface area contributed by atoms with Gasteiger partial charge in [0.15, 0.2) is 5.69 Å². The third-order valence-electron chi connectivity index (χ3n) is 4.39. The molecule has 0 aromatic heterocycles. The van der Waals surface area contributed by atoms with Crippen molar-refractivity contribution in [3.63, 3.8) is 0 Å². The molecule has 0 fully saturated rings. The number of hydrogen-bond donors (Lipinski definition) is 3. The van der Waals surface area contributed by atoms with Crippen LogP contribution in [0.15, 0.2) is 77.9 Å². The molecule has 154 valence electrons. The largest absolute Gasteiger partial charge is 0.595 e. The quantitative estimate of drug-likeness (QED) is 0.411. The van der Waals surface area contributed by atoms with Crippen LogP contribution in [0.4, 0.5) is 5.69 Å². The first kappa shape index (κ1) is 21.0. The molecule has 30 heavy (non-hydrogen) atoms. The Morgan fingerprint density at radius 3 is 1.67 bits per heavy atom. The average Bonchev–Trinajstić information content (AvgIpc) is 2.80. The van der Waals surface area contributed by atoms with Crippen molar-refractivity contribution in [2.75, 3.05) is 14.2 Å². The molecule has 0 radical (unpaired) electrons. The number of carbonyl (C=O) groups excluding carboxylic acids is 1. The third kappa shape index (κ3) is 5.00. The molecule has 0 heterocycles. The summed E-state index contributed by atoms with van der Waals surface area (Å²) in [4.78, 5) is 12.5. The molecule has 0 aliphatic heterocycles. The molecule has 8 heteroatoms. The molecule has 1 unspecified atom stereocenters. The molecule has 0 spiro atoms. The zero-order valence-corrected chi connectivity index (χ0v) is 16.5. The van der Waals surface area contributed by atoms with Gasteiger partial charge in [-0.2, -0.15) is 10.3 Å². The molecule has 3 aromatic carbocycles. The number of methoxy groups -OCH3 is 2. The van der Waals surface area contributed by atoms with Crippen molar-refractivity contribution in [2.45, 2.75) is 0 Å². The fourth-order valence-electron chi connectivity index (χ4n) is 2.73. The first-order valence-corrected chi connectivity index (χ1v) is 9.02. The van der Waals surface area contributed by atoms with Crippen molar-refractivity contribution in [3.8, 4) is 11.5 Å². The van der Waals surface area contributed by atoms with Gasteiger partial charge in [-0.05, 0) is 60.7 Å². The molecule has 1 amide bonds. The molecule has 3 rings (SSSR count). The number of nitrogens with one attached hydrogen (secondary N) is 2. The van der Waals surface area contributed by atoms with Gasteiger partial charge in [0.25, 0.3) is 5.91 Å². The Kier molecular flexibility index (Phi) is 6.76. The number of nitrogens with zero attached hydrogens (tertiary/aromatic N) is 1. The molecule has 1 atom stereocenters. The van der Waals surface area contributed by atoms with Crippen LogP contribution in [-0.2, 0) is 0 Å². The summed E-state index contributed by atoms with van der Waals surface area (Å²) in [6, 6.07) is 20.2. The van der Waals surface area contributed by atoms with E-state index in [-0.39, 0.29) is 5.69 Å². The van der Waals surface area contributed by atoms with Crippen LogP contribution in [0.1, 0.15) is 21.5 Å². The predicted octanol–water partition coefficient (Wildman–Crippen LogP) is 2.29. The molecular formula is C22H21N3O5. The number of rotatable bonds is 7. The summed E-state index contributed by atoms with van der Waals surface area (Å²) in [5, 5.41) is 23.2. The maximum Gasteiger partial charge on any atom is 0.271 e. The Balaban J connectivity index is 1.89. The molecule has 0 bridgehead atoms. The zero-order chi connectivity index (χ0) is 21.5. The maximum atomic E-state index is 12.5. The highest BCUT2D eigenvalue weighted by Gasteiger charge is 2.11. The fraction of sp³-hybridized carbons (Fsp3) is 0.0909. The minimum absolute atomic E-state index is 0.104. The van der Waals surface area contributed by atoms with E-state index < -0.39 is 11.1 Å². The minimum Gasteiger partial charge on any atom is -0.595 e. The van der Waals surface area contributed by atoms with Crippen LogP contribution in [0.25, 0.3) is 0 Å². The lowest BCUT2D eigenvalue weighted by Crippen LogP contribution is -2.99. The van der Waals surface area contributed by atoms with Gasteiger partial charge in [-0.1, -0.05) is 0 Å². The summed E-state index contributed by atoms with van der Waals surface area (Å²) in [5.41, 5.74) is 5.06. The van der Waals surface area contributed by atoms with Crippen LogP contribution >= 0.6 is 0 Å². The van der Waals surface area contributed by atoms with Gasteiger partial charge in [-0.25, -0.2) is 10.6 Å². The summed E-state index contributed by atoms with van der Waals surface area (Å²) in [6.07, 6.45) is 0. The SMILES string of the molecule is COc1ccc(C(=NNC(=O)c2ccc([NH+]([O-])O)cc2)c2ccc(OC)cc2)cc1. The van der Waals surface area contributed by atoms with E-state index in [4.69, 9.17) is 14.7 Å². The van der Waals surface area contributed by atoms with Crippen molar-refractivity contribution in [1.29, 1.82) is 0 Å². The van der Waals surface area contributed by atoms with E-state index in [1.807, 2.05) is 24.3 Å². The number of ether oxygens (including phenoxy) is 2.